The van der Waals surface area contributed by atoms with Gasteiger partial charge in [-0.05, 0) is 24.6 Å². The van der Waals surface area contributed by atoms with E-state index in [0.29, 0.717) is 11.3 Å². The summed E-state index contributed by atoms with van der Waals surface area (Å²) in [5.41, 5.74) is 6.11. The topological polar surface area (TPSA) is 123 Å². The Labute approximate surface area is 125 Å². The molecule has 2 rings (SSSR count). The zero-order valence-electron chi connectivity index (χ0n) is 11.6. The zero-order valence-corrected chi connectivity index (χ0v) is 11.6. The van der Waals surface area contributed by atoms with E-state index in [9.17, 15) is 14.9 Å². The molecule has 0 radical (unpaired) electrons. The lowest BCUT2D eigenvalue weighted by Crippen LogP contribution is -2.12. The van der Waals surface area contributed by atoms with Gasteiger partial charge in [0.25, 0.3) is 11.6 Å². The number of nitrogens with two attached hydrogens (primary N) is 1. The molecule has 0 aliphatic heterocycles. The fourth-order valence-electron chi connectivity index (χ4n) is 1.86. The van der Waals surface area contributed by atoms with E-state index >= 15 is 0 Å². The third-order valence-electron chi connectivity index (χ3n) is 3.00. The van der Waals surface area contributed by atoms with Crippen molar-refractivity contribution in [3.63, 3.8) is 0 Å². The summed E-state index contributed by atoms with van der Waals surface area (Å²) in [6.07, 6.45) is 1.22. The molecule has 0 unspecified atom stereocenters. The van der Waals surface area contributed by atoms with Gasteiger partial charge in [0, 0.05) is 23.8 Å². The average molecular weight is 297 g/mol. The third kappa shape index (κ3) is 3.02. The van der Waals surface area contributed by atoms with Gasteiger partial charge in [-0.25, -0.2) is 0 Å². The van der Waals surface area contributed by atoms with E-state index < -0.39 is 10.8 Å². The van der Waals surface area contributed by atoms with Crippen LogP contribution in [0.4, 0.5) is 5.69 Å². The first-order valence-corrected chi connectivity index (χ1v) is 6.19. The van der Waals surface area contributed by atoms with E-state index in [1.54, 1.807) is 31.2 Å². The number of nitrogens with zero attached hydrogens (tertiary/aromatic N) is 2. The van der Waals surface area contributed by atoms with Gasteiger partial charge in [0.15, 0.2) is 0 Å². The lowest BCUT2D eigenvalue weighted by atomic mass is 10.1. The minimum Gasteiger partial charge on any atom is -0.457 e. The highest BCUT2D eigenvalue weighted by Crippen LogP contribution is 2.29. The quantitative estimate of drug-likeness (QED) is 0.402. The molecular weight excluding hydrogens is 286 g/mol. The highest BCUT2D eigenvalue weighted by molar-refractivity contribution is 6.00. The molecule has 110 valence electrons. The molecule has 7 heteroatoms. The van der Waals surface area contributed by atoms with Crippen LogP contribution in [0.5, 0.6) is 0 Å². The number of carbonyl (C=O) groups is 1. The number of rotatable bonds is 4. The van der Waals surface area contributed by atoms with E-state index in [0.717, 1.165) is 5.56 Å². The molecule has 0 aliphatic carbocycles. The molecule has 22 heavy (non-hydrogen) atoms. The summed E-state index contributed by atoms with van der Waals surface area (Å²) in [7, 11) is 0. The van der Waals surface area contributed by atoms with Crippen molar-refractivity contribution in [1.82, 2.24) is 0 Å². The lowest BCUT2D eigenvalue weighted by Gasteiger charge is -2.02. The smallest absolute Gasteiger partial charge is 0.270 e. The van der Waals surface area contributed by atoms with Crippen LogP contribution in [0.15, 0.2) is 40.3 Å². The van der Waals surface area contributed by atoms with Gasteiger partial charge >= 0.3 is 0 Å². The molecule has 0 aliphatic rings. The van der Waals surface area contributed by atoms with Crippen molar-refractivity contribution in [2.24, 2.45) is 5.73 Å². The molecule has 0 atom stereocenters. The Morgan fingerprint density at radius 1 is 1.41 bits per heavy atom. The van der Waals surface area contributed by atoms with Crippen molar-refractivity contribution in [2.45, 2.75) is 6.92 Å². The minimum absolute atomic E-state index is 0.0519. The summed E-state index contributed by atoms with van der Waals surface area (Å²) in [4.78, 5) is 21.3. The number of non-ortho nitro benzene ring substituents is 1. The van der Waals surface area contributed by atoms with Gasteiger partial charge in [0.2, 0.25) is 0 Å². The SMILES string of the molecule is Cc1ccc([N+](=O)[O-])cc1-c1ccc(/C=C(/C#N)C(N)=O)o1. The monoisotopic (exact) mass is 297 g/mol. The maximum Gasteiger partial charge on any atom is 0.270 e. The summed E-state index contributed by atoms with van der Waals surface area (Å²) >= 11 is 0. The second-order valence-corrected chi connectivity index (χ2v) is 4.49. The van der Waals surface area contributed by atoms with Gasteiger partial charge in [-0.15, -0.1) is 0 Å². The highest BCUT2D eigenvalue weighted by atomic mass is 16.6. The molecule has 1 heterocycles. The van der Waals surface area contributed by atoms with Crippen molar-refractivity contribution >= 4 is 17.7 Å². The van der Waals surface area contributed by atoms with Crippen molar-refractivity contribution in [2.75, 3.05) is 0 Å². The molecule has 0 fully saturated rings. The number of nitriles is 1. The number of benzene rings is 1. The van der Waals surface area contributed by atoms with Crippen molar-refractivity contribution in [3.05, 3.63) is 57.3 Å². The van der Waals surface area contributed by atoms with Gasteiger partial charge < -0.3 is 10.2 Å². The summed E-state index contributed by atoms with van der Waals surface area (Å²) < 4.78 is 5.51. The number of nitro groups is 1. The van der Waals surface area contributed by atoms with Gasteiger partial charge in [-0.2, -0.15) is 5.26 Å². The Kier molecular flexibility index (Phi) is 4.04. The number of furan rings is 1. The molecule has 1 aromatic heterocycles. The third-order valence-corrected chi connectivity index (χ3v) is 3.00. The molecule has 0 bridgehead atoms. The van der Waals surface area contributed by atoms with Crippen LogP contribution < -0.4 is 5.73 Å². The Hall–Kier alpha value is -3.40. The lowest BCUT2D eigenvalue weighted by molar-refractivity contribution is -0.384. The van der Waals surface area contributed by atoms with Gasteiger partial charge in [0.05, 0.1) is 4.92 Å². The number of hydrogen-bond acceptors (Lipinski definition) is 5. The second kappa shape index (κ2) is 5.93. The first-order valence-electron chi connectivity index (χ1n) is 6.19. The van der Waals surface area contributed by atoms with E-state index in [1.165, 1.54) is 18.2 Å². The largest absolute Gasteiger partial charge is 0.457 e. The molecule has 2 aromatic rings. The fourth-order valence-corrected chi connectivity index (χ4v) is 1.86. The Bertz CT molecular complexity index is 828. The van der Waals surface area contributed by atoms with Crippen molar-refractivity contribution in [3.8, 4) is 17.4 Å². The molecule has 1 aromatic carbocycles. The normalized spacial score (nSPS) is 11.0. The number of nitro benzene ring substituents is 1. The zero-order chi connectivity index (χ0) is 16.3. The summed E-state index contributed by atoms with van der Waals surface area (Å²) in [6, 6.07) is 9.26. The van der Waals surface area contributed by atoms with Crippen LogP contribution in [0.3, 0.4) is 0 Å². The minimum atomic E-state index is -0.855. The summed E-state index contributed by atoms with van der Waals surface area (Å²) in [5.74, 6) is -0.197. The summed E-state index contributed by atoms with van der Waals surface area (Å²) in [5, 5.41) is 19.6. The Morgan fingerprint density at radius 2 is 2.14 bits per heavy atom. The van der Waals surface area contributed by atoms with Crippen LogP contribution >= 0.6 is 0 Å². The van der Waals surface area contributed by atoms with Crippen molar-refractivity contribution in [1.29, 1.82) is 5.26 Å². The molecular formula is C15H11N3O4. The Balaban J connectivity index is 2.45. The number of carbonyl (C=O) groups excluding carboxylic acids is 1. The molecule has 1 amide bonds. The van der Waals surface area contributed by atoms with Gasteiger partial charge in [0.1, 0.15) is 23.2 Å². The van der Waals surface area contributed by atoms with Crippen LogP contribution in [0.1, 0.15) is 11.3 Å². The molecule has 2 N–H and O–H groups in total. The van der Waals surface area contributed by atoms with Crippen molar-refractivity contribution < 1.29 is 14.1 Å². The maximum atomic E-state index is 11.0. The van der Waals surface area contributed by atoms with E-state index in [4.69, 9.17) is 15.4 Å². The number of aryl methyl sites for hydroxylation is 1. The Morgan fingerprint density at radius 3 is 2.73 bits per heavy atom. The first-order chi connectivity index (χ1) is 10.4. The predicted octanol–water partition coefficient (Wildman–Crippen LogP) is 2.56. The van der Waals surface area contributed by atoms with Crippen LogP contribution in [0, 0.1) is 28.4 Å². The van der Waals surface area contributed by atoms with Gasteiger partial charge in [-0.1, -0.05) is 6.07 Å². The maximum absolute atomic E-state index is 11.0. The van der Waals surface area contributed by atoms with Crippen LogP contribution in [0.2, 0.25) is 0 Å². The molecule has 7 nitrogen and oxygen atoms in total. The fraction of sp³-hybridized carbons (Fsp3) is 0.0667. The van der Waals surface area contributed by atoms with E-state index in [1.807, 2.05) is 0 Å². The molecule has 0 spiro atoms. The van der Waals surface area contributed by atoms with E-state index in [2.05, 4.69) is 0 Å². The van der Waals surface area contributed by atoms with Crippen LogP contribution in [0.25, 0.3) is 17.4 Å². The van der Waals surface area contributed by atoms with E-state index in [-0.39, 0.29) is 17.0 Å². The number of hydrogen-bond donors (Lipinski definition) is 1. The highest BCUT2D eigenvalue weighted by Gasteiger charge is 2.13. The number of primary amides is 1. The second-order valence-electron chi connectivity index (χ2n) is 4.49. The van der Waals surface area contributed by atoms with Crippen LogP contribution in [-0.4, -0.2) is 10.8 Å². The molecule has 0 saturated carbocycles. The predicted molar refractivity (Wildman–Crippen MR) is 78.3 cm³/mol. The summed E-state index contributed by atoms with van der Waals surface area (Å²) in [6.45, 7) is 1.79. The molecule has 0 saturated heterocycles. The van der Waals surface area contributed by atoms with Gasteiger partial charge in [-0.3, -0.25) is 14.9 Å². The van der Waals surface area contributed by atoms with Crippen LogP contribution in [-0.2, 0) is 4.79 Å². The number of amides is 1. The standard InChI is InChI=1S/C15H11N3O4/c1-9-2-3-11(18(20)21)7-13(9)14-5-4-12(22-14)6-10(8-16)15(17)19/h2-7H,1H3,(H2,17,19)/b10-6-. The average Bonchev–Trinajstić information content (AvgIpc) is 2.93. The first kappa shape index (κ1) is 15.0.